The molecule has 1 unspecified atom stereocenters. The molecular formula is C30H41N7O6S. The van der Waals surface area contributed by atoms with Crippen LogP contribution in [0.25, 0.3) is 21.7 Å². The molecule has 1 saturated heterocycles. The highest BCUT2D eigenvalue weighted by Crippen LogP contribution is 2.34. The predicted molar refractivity (Wildman–Crippen MR) is 164 cm³/mol. The van der Waals surface area contributed by atoms with Gasteiger partial charge in [-0.15, -0.1) is 11.3 Å². The SMILES string of the molecule is CCC[C@H](NC(=O)[C@@H]1C[C@@H](Oc2nc(-c3c(C)cnn3C)nc3ccsc23)CN1C(=O)OC(C)(C)C)C(O)C(=O)NC1CC1. The molecule has 3 aromatic heterocycles. The van der Waals surface area contributed by atoms with Gasteiger partial charge in [-0.3, -0.25) is 19.2 Å². The summed E-state index contributed by atoms with van der Waals surface area (Å²) in [5.74, 6) is -0.188. The lowest BCUT2D eigenvalue weighted by Gasteiger charge is -2.29. The van der Waals surface area contributed by atoms with Crippen LogP contribution in [0.15, 0.2) is 17.6 Å². The normalized spacial score (nSPS) is 19.9. The van der Waals surface area contributed by atoms with E-state index in [-0.39, 0.29) is 19.0 Å². The van der Waals surface area contributed by atoms with Gasteiger partial charge in [0.15, 0.2) is 11.9 Å². The van der Waals surface area contributed by atoms with E-state index in [4.69, 9.17) is 19.4 Å². The van der Waals surface area contributed by atoms with E-state index in [9.17, 15) is 19.5 Å². The maximum absolute atomic E-state index is 13.7. The molecular weight excluding hydrogens is 586 g/mol. The Balaban J connectivity index is 1.39. The number of aromatic nitrogens is 4. The van der Waals surface area contributed by atoms with Gasteiger partial charge in [0.1, 0.15) is 28.1 Å². The fourth-order valence-electron chi connectivity index (χ4n) is 5.30. The van der Waals surface area contributed by atoms with Crippen molar-refractivity contribution in [2.45, 2.75) is 103 Å². The minimum Gasteiger partial charge on any atom is -0.471 e. The number of rotatable bonds is 10. The van der Waals surface area contributed by atoms with Crippen LogP contribution >= 0.6 is 11.3 Å². The second-order valence-corrected chi connectivity index (χ2v) is 13.5. The average molecular weight is 628 g/mol. The van der Waals surface area contributed by atoms with E-state index in [2.05, 4.69) is 15.7 Å². The molecule has 0 bridgehead atoms. The minimum atomic E-state index is -1.41. The van der Waals surface area contributed by atoms with Crippen molar-refractivity contribution in [3.05, 3.63) is 23.2 Å². The van der Waals surface area contributed by atoms with E-state index < -0.39 is 47.8 Å². The maximum Gasteiger partial charge on any atom is 0.411 e. The van der Waals surface area contributed by atoms with Crippen LogP contribution < -0.4 is 15.4 Å². The van der Waals surface area contributed by atoms with Crippen molar-refractivity contribution in [1.29, 1.82) is 0 Å². The first-order valence-electron chi connectivity index (χ1n) is 15.0. The lowest BCUT2D eigenvalue weighted by molar-refractivity contribution is -0.133. The topological polar surface area (TPSA) is 161 Å². The summed E-state index contributed by atoms with van der Waals surface area (Å²) in [7, 11) is 1.82. The molecule has 14 heteroatoms. The molecule has 1 saturated carbocycles. The van der Waals surface area contributed by atoms with Crippen LogP contribution in [0.2, 0.25) is 0 Å². The van der Waals surface area contributed by atoms with Gasteiger partial charge in [-0.05, 0) is 64.0 Å². The van der Waals surface area contributed by atoms with Crippen molar-refractivity contribution in [3.8, 4) is 17.4 Å². The first-order valence-corrected chi connectivity index (χ1v) is 15.9. The largest absolute Gasteiger partial charge is 0.471 e. The Morgan fingerprint density at radius 1 is 1.23 bits per heavy atom. The molecule has 2 fully saturated rings. The second-order valence-electron chi connectivity index (χ2n) is 12.5. The number of hydrogen-bond donors (Lipinski definition) is 3. The molecule has 13 nitrogen and oxygen atoms in total. The summed E-state index contributed by atoms with van der Waals surface area (Å²) < 4.78 is 14.5. The molecule has 0 spiro atoms. The summed E-state index contributed by atoms with van der Waals surface area (Å²) in [6.45, 7) is 9.19. The monoisotopic (exact) mass is 627 g/mol. The van der Waals surface area contributed by atoms with E-state index in [1.54, 1.807) is 31.6 Å². The van der Waals surface area contributed by atoms with Crippen LogP contribution in [0.5, 0.6) is 5.88 Å². The molecule has 3 amide bonds. The van der Waals surface area contributed by atoms with Gasteiger partial charge in [0.25, 0.3) is 5.91 Å². The van der Waals surface area contributed by atoms with Gasteiger partial charge in [0.05, 0.1) is 24.3 Å². The zero-order valence-corrected chi connectivity index (χ0v) is 26.8. The minimum absolute atomic E-state index is 0.0736. The molecule has 0 radical (unpaired) electrons. The molecule has 238 valence electrons. The molecule has 2 aliphatic rings. The van der Waals surface area contributed by atoms with Gasteiger partial charge in [0.2, 0.25) is 11.8 Å². The number of carbonyl (C=O) groups excluding carboxylic acids is 3. The fourth-order valence-corrected chi connectivity index (χ4v) is 6.06. The quantitative estimate of drug-likeness (QED) is 0.307. The van der Waals surface area contributed by atoms with Crippen molar-refractivity contribution < 1.29 is 29.0 Å². The molecule has 0 aromatic carbocycles. The van der Waals surface area contributed by atoms with Crippen LogP contribution in [-0.2, 0) is 21.4 Å². The highest BCUT2D eigenvalue weighted by Gasteiger charge is 2.44. The molecule has 4 heterocycles. The lowest BCUT2D eigenvalue weighted by atomic mass is 10.0. The number of aryl methyl sites for hydroxylation is 2. The predicted octanol–water partition coefficient (Wildman–Crippen LogP) is 3.08. The van der Waals surface area contributed by atoms with Crippen molar-refractivity contribution in [3.63, 3.8) is 0 Å². The smallest absolute Gasteiger partial charge is 0.411 e. The molecule has 1 aliphatic carbocycles. The summed E-state index contributed by atoms with van der Waals surface area (Å²) >= 11 is 1.44. The molecule has 3 N–H and O–H groups in total. The number of aliphatic hydroxyl groups is 1. The van der Waals surface area contributed by atoms with Crippen LogP contribution in [0.3, 0.4) is 0 Å². The van der Waals surface area contributed by atoms with E-state index in [0.717, 1.165) is 28.8 Å². The first-order chi connectivity index (χ1) is 20.8. The third-order valence-electron chi connectivity index (χ3n) is 7.58. The third kappa shape index (κ3) is 7.12. The number of aliphatic hydroxyl groups excluding tert-OH is 1. The molecule has 4 atom stereocenters. The standard InChI is InChI=1S/C30H41N7O6S/c1-7-8-19(23(38)27(40)32-17-9-10-17)34-26(39)21-13-18(15-37(21)29(41)43-30(3,4)5)42-28-24-20(11-12-44-24)33-25(35-28)22-16(2)14-31-36(22)6/h11-12,14,17-19,21,23,38H,7-10,13,15H2,1-6H3,(H,32,40)(H,34,39)/t18-,19+,21+,23?/m1/s1. The van der Waals surface area contributed by atoms with Gasteiger partial charge in [0, 0.05) is 19.5 Å². The second kappa shape index (κ2) is 12.7. The lowest BCUT2D eigenvalue weighted by Crippen LogP contribution is -2.55. The van der Waals surface area contributed by atoms with Crippen molar-refractivity contribution in [2.24, 2.45) is 7.05 Å². The Labute approximate surface area is 260 Å². The highest BCUT2D eigenvalue weighted by molar-refractivity contribution is 7.17. The summed E-state index contributed by atoms with van der Waals surface area (Å²) in [6.07, 6.45) is 2.02. The Morgan fingerprint density at radius 2 is 1.98 bits per heavy atom. The fraction of sp³-hybridized carbons (Fsp3) is 0.600. The zero-order chi connectivity index (χ0) is 31.8. The van der Waals surface area contributed by atoms with Gasteiger partial charge < -0.3 is 25.2 Å². The van der Waals surface area contributed by atoms with E-state index >= 15 is 0 Å². The zero-order valence-electron chi connectivity index (χ0n) is 26.0. The molecule has 3 aromatic rings. The first kappa shape index (κ1) is 31.6. The Bertz CT molecular complexity index is 1510. The molecule has 1 aliphatic heterocycles. The number of ether oxygens (including phenoxy) is 2. The van der Waals surface area contributed by atoms with Gasteiger partial charge in [-0.1, -0.05) is 13.3 Å². The van der Waals surface area contributed by atoms with Crippen LogP contribution in [-0.4, -0.2) is 90.1 Å². The number of fused-ring (bicyclic) bond motifs is 1. The number of thiophene rings is 1. The molecule has 44 heavy (non-hydrogen) atoms. The maximum atomic E-state index is 13.7. The third-order valence-corrected chi connectivity index (χ3v) is 8.47. The number of likely N-dealkylation sites (tertiary alicyclic amines) is 1. The highest BCUT2D eigenvalue weighted by atomic mass is 32.1. The number of carbonyl (C=O) groups is 3. The summed E-state index contributed by atoms with van der Waals surface area (Å²) in [6, 6.07) is 0.195. The van der Waals surface area contributed by atoms with E-state index in [1.165, 1.54) is 16.2 Å². The number of nitrogens with zero attached hydrogens (tertiary/aromatic N) is 5. The summed E-state index contributed by atoms with van der Waals surface area (Å²) in [5, 5.41) is 22.7. The summed E-state index contributed by atoms with van der Waals surface area (Å²) in [4.78, 5) is 50.5. The Hall–Kier alpha value is -3.78. The van der Waals surface area contributed by atoms with Gasteiger partial charge >= 0.3 is 6.09 Å². The molecule has 5 rings (SSSR count). The Morgan fingerprint density at radius 3 is 2.61 bits per heavy atom. The van der Waals surface area contributed by atoms with E-state index in [1.807, 2.05) is 32.3 Å². The van der Waals surface area contributed by atoms with E-state index in [0.29, 0.717) is 30.1 Å². The van der Waals surface area contributed by atoms with Crippen LogP contribution in [0.1, 0.15) is 65.4 Å². The van der Waals surface area contributed by atoms with Crippen molar-refractivity contribution in [1.82, 2.24) is 35.3 Å². The van der Waals surface area contributed by atoms with Crippen molar-refractivity contribution >= 4 is 39.5 Å². The summed E-state index contributed by atoms with van der Waals surface area (Å²) in [5.41, 5.74) is 1.60. The Kier molecular flexibility index (Phi) is 9.12. The van der Waals surface area contributed by atoms with Crippen LogP contribution in [0.4, 0.5) is 4.79 Å². The number of nitrogens with one attached hydrogen (secondary N) is 2. The van der Waals surface area contributed by atoms with Crippen LogP contribution in [0, 0.1) is 6.92 Å². The van der Waals surface area contributed by atoms with Gasteiger partial charge in [-0.25, -0.2) is 9.78 Å². The van der Waals surface area contributed by atoms with Crippen molar-refractivity contribution in [2.75, 3.05) is 6.54 Å². The average Bonchev–Trinajstić information content (AvgIpc) is 3.30. The number of amides is 3. The van der Waals surface area contributed by atoms with Gasteiger partial charge in [-0.2, -0.15) is 10.1 Å². The number of hydrogen-bond acceptors (Lipinski definition) is 10.